The Labute approximate surface area is 357 Å². The first-order chi connectivity index (χ1) is 29.9. The molecule has 1 unspecified atom stereocenters. The summed E-state index contributed by atoms with van der Waals surface area (Å²) in [7, 11) is 0. The first-order valence-electron chi connectivity index (χ1n) is 21.4. The third-order valence-corrected chi connectivity index (χ3v) is 13.8. The van der Waals surface area contributed by atoms with Crippen molar-refractivity contribution in [1.82, 2.24) is 0 Å². The Hall–Kier alpha value is -7.42. The van der Waals surface area contributed by atoms with Crippen molar-refractivity contribution in [2.45, 2.75) is 31.6 Å². The minimum Gasteiger partial charge on any atom is -0.456 e. The maximum atomic E-state index is 6.48. The summed E-state index contributed by atoms with van der Waals surface area (Å²) < 4.78 is 6.48. The molecule has 0 N–H and O–H groups in total. The Balaban J connectivity index is 1.14. The van der Waals surface area contributed by atoms with Gasteiger partial charge in [0.15, 0.2) is 0 Å². The lowest BCUT2D eigenvalue weighted by atomic mass is 9.74. The number of hydrogen-bond acceptors (Lipinski definition) is 2. The van der Waals surface area contributed by atoms with Crippen LogP contribution in [0.25, 0.3) is 66.4 Å². The van der Waals surface area contributed by atoms with E-state index in [0.29, 0.717) is 0 Å². The van der Waals surface area contributed by atoms with E-state index in [2.05, 4.69) is 226 Å². The second kappa shape index (κ2) is 13.3. The molecule has 61 heavy (non-hydrogen) atoms. The van der Waals surface area contributed by atoms with E-state index in [0.717, 1.165) is 50.1 Å². The highest BCUT2D eigenvalue weighted by Gasteiger charge is 2.41. The normalized spacial score (nSPS) is 15.7. The highest BCUT2D eigenvalue weighted by molar-refractivity contribution is 6.14. The predicted octanol–water partition coefficient (Wildman–Crippen LogP) is 16.0. The van der Waals surface area contributed by atoms with Crippen molar-refractivity contribution >= 4 is 39.0 Å². The van der Waals surface area contributed by atoms with E-state index in [4.69, 9.17) is 4.42 Å². The molecule has 1 aromatic heterocycles. The Morgan fingerprint density at radius 3 is 1.70 bits per heavy atom. The van der Waals surface area contributed by atoms with Gasteiger partial charge in [-0.1, -0.05) is 184 Å². The van der Waals surface area contributed by atoms with Gasteiger partial charge in [0.2, 0.25) is 0 Å². The summed E-state index contributed by atoms with van der Waals surface area (Å²) in [6.45, 7) is 7.11. The van der Waals surface area contributed by atoms with E-state index in [1.807, 2.05) is 6.07 Å². The van der Waals surface area contributed by atoms with Gasteiger partial charge in [-0.15, -0.1) is 0 Å². The fourth-order valence-electron chi connectivity index (χ4n) is 10.9. The van der Waals surface area contributed by atoms with Crippen LogP contribution in [0.5, 0.6) is 0 Å². The van der Waals surface area contributed by atoms with Crippen molar-refractivity contribution in [3.05, 3.63) is 234 Å². The number of fused-ring (bicyclic) bond motifs is 9. The van der Waals surface area contributed by atoms with Gasteiger partial charge >= 0.3 is 0 Å². The molecular formula is C59H43NO. The van der Waals surface area contributed by atoms with Crippen molar-refractivity contribution < 1.29 is 4.42 Å². The largest absolute Gasteiger partial charge is 0.456 e. The summed E-state index contributed by atoms with van der Waals surface area (Å²) in [5, 5.41) is 2.24. The average Bonchev–Trinajstić information content (AvgIpc) is 3.91. The summed E-state index contributed by atoms with van der Waals surface area (Å²) in [6.07, 6.45) is 0. The molecule has 0 radical (unpaired) electrons. The molecule has 0 aliphatic heterocycles. The van der Waals surface area contributed by atoms with Crippen LogP contribution in [-0.4, -0.2) is 0 Å². The van der Waals surface area contributed by atoms with Gasteiger partial charge in [0.05, 0.1) is 11.4 Å². The second-order valence-corrected chi connectivity index (χ2v) is 17.3. The van der Waals surface area contributed by atoms with Gasteiger partial charge in [0.1, 0.15) is 11.2 Å². The standard InChI is InChI=1S/C59H43NO/c1-58(2)48-28-12-8-24-45(48)56-43(26-17-30-51(56)58)41-22-9-14-31-52(41)60(53-32-15-10-23-42(53)44-27-18-34-55-57(44)46-25-11-16-33-54(46)61-55)39-35-36-50-47(37-39)40-21-7-13-29-49(40)59(50,3)38-19-5-4-6-20-38/h4-37H,1-3H3. The van der Waals surface area contributed by atoms with Gasteiger partial charge in [-0.25, -0.2) is 0 Å². The maximum absolute atomic E-state index is 6.48. The number of furan rings is 1. The molecule has 10 aromatic rings. The molecule has 12 rings (SSSR count). The summed E-state index contributed by atoms with van der Waals surface area (Å²) in [4.78, 5) is 2.51. The molecule has 0 bridgehead atoms. The predicted molar refractivity (Wildman–Crippen MR) is 254 cm³/mol. The Morgan fingerprint density at radius 2 is 0.918 bits per heavy atom. The van der Waals surface area contributed by atoms with Crippen LogP contribution in [0.3, 0.4) is 0 Å². The molecule has 0 fully saturated rings. The van der Waals surface area contributed by atoms with Gasteiger partial charge < -0.3 is 9.32 Å². The number of rotatable bonds is 6. The molecule has 1 atom stereocenters. The zero-order valence-corrected chi connectivity index (χ0v) is 34.5. The fraction of sp³-hybridized carbons (Fsp3) is 0.0847. The number of anilines is 3. The van der Waals surface area contributed by atoms with Crippen molar-refractivity contribution in [2.75, 3.05) is 4.90 Å². The first kappa shape index (κ1) is 35.5. The SMILES string of the molecule is CC1(C)c2ccccc2-c2c(-c3ccccc3N(c3ccc4c(c3)-c3ccccc3C4(C)c3ccccc3)c3ccccc3-c3cccc4oc5ccccc5c34)cccc21. The van der Waals surface area contributed by atoms with E-state index < -0.39 is 0 Å². The third kappa shape index (κ3) is 5.09. The van der Waals surface area contributed by atoms with Crippen LogP contribution < -0.4 is 4.90 Å². The third-order valence-electron chi connectivity index (χ3n) is 13.8. The monoisotopic (exact) mass is 781 g/mol. The van der Waals surface area contributed by atoms with Crippen LogP contribution in [0, 0.1) is 0 Å². The second-order valence-electron chi connectivity index (χ2n) is 17.3. The van der Waals surface area contributed by atoms with Crippen LogP contribution >= 0.6 is 0 Å². The smallest absolute Gasteiger partial charge is 0.136 e. The van der Waals surface area contributed by atoms with Crippen LogP contribution in [-0.2, 0) is 10.8 Å². The lowest BCUT2D eigenvalue weighted by molar-refractivity contribution is 0.660. The van der Waals surface area contributed by atoms with Crippen LogP contribution in [0.1, 0.15) is 48.6 Å². The topological polar surface area (TPSA) is 16.4 Å². The van der Waals surface area contributed by atoms with Crippen molar-refractivity contribution in [3.8, 4) is 44.5 Å². The molecule has 2 aliphatic rings. The molecule has 1 heterocycles. The Morgan fingerprint density at radius 1 is 0.377 bits per heavy atom. The van der Waals surface area contributed by atoms with Crippen LogP contribution in [0.15, 0.2) is 211 Å². The number of hydrogen-bond donors (Lipinski definition) is 0. The first-order valence-corrected chi connectivity index (χ1v) is 21.4. The molecule has 2 aliphatic carbocycles. The molecular weight excluding hydrogens is 739 g/mol. The number of benzene rings is 9. The minimum atomic E-state index is -0.296. The van der Waals surface area contributed by atoms with Gasteiger partial charge in [-0.05, 0) is 105 Å². The number of para-hydroxylation sites is 3. The summed E-state index contributed by atoms with van der Waals surface area (Å²) in [5.41, 5.74) is 21.2. The molecule has 290 valence electrons. The van der Waals surface area contributed by atoms with Gasteiger partial charge in [0.25, 0.3) is 0 Å². The maximum Gasteiger partial charge on any atom is 0.136 e. The van der Waals surface area contributed by atoms with Crippen molar-refractivity contribution in [1.29, 1.82) is 0 Å². The van der Waals surface area contributed by atoms with E-state index in [1.165, 1.54) is 61.2 Å². The minimum absolute atomic E-state index is 0.117. The van der Waals surface area contributed by atoms with Crippen molar-refractivity contribution in [2.24, 2.45) is 0 Å². The quantitative estimate of drug-likeness (QED) is 0.167. The zero-order chi connectivity index (χ0) is 40.9. The zero-order valence-electron chi connectivity index (χ0n) is 34.5. The van der Waals surface area contributed by atoms with Gasteiger partial charge in [0, 0.05) is 38.4 Å². The van der Waals surface area contributed by atoms with Crippen LogP contribution in [0.2, 0.25) is 0 Å². The van der Waals surface area contributed by atoms with E-state index in [-0.39, 0.29) is 10.8 Å². The molecule has 0 spiro atoms. The summed E-state index contributed by atoms with van der Waals surface area (Å²) in [6, 6.07) is 75.8. The summed E-state index contributed by atoms with van der Waals surface area (Å²) in [5.74, 6) is 0. The Kier molecular flexibility index (Phi) is 7.74. The van der Waals surface area contributed by atoms with E-state index in [9.17, 15) is 0 Å². The number of nitrogens with zero attached hydrogens (tertiary/aromatic N) is 1. The lowest BCUT2D eigenvalue weighted by Gasteiger charge is -2.32. The van der Waals surface area contributed by atoms with Crippen molar-refractivity contribution in [3.63, 3.8) is 0 Å². The van der Waals surface area contributed by atoms with Gasteiger partial charge in [-0.2, -0.15) is 0 Å². The molecule has 0 saturated heterocycles. The molecule has 2 heteroatoms. The van der Waals surface area contributed by atoms with E-state index >= 15 is 0 Å². The molecule has 0 amide bonds. The van der Waals surface area contributed by atoms with Gasteiger partial charge in [-0.3, -0.25) is 0 Å². The average molecular weight is 782 g/mol. The summed E-state index contributed by atoms with van der Waals surface area (Å²) >= 11 is 0. The van der Waals surface area contributed by atoms with E-state index in [1.54, 1.807) is 0 Å². The molecule has 9 aromatic carbocycles. The van der Waals surface area contributed by atoms with Crippen LogP contribution in [0.4, 0.5) is 17.1 Å². The lowest BCUT2D eigenvalue weighted by Crippen LogP contribution is -2.22. The highest BCUT2D eigenvalue weighted by atomic mass is 16.3. The molecule has 0 saturated carbocycles. The fourth-order valence-corrected chi connectivity index (χ4v) is 10.9. The Bertz CT molecular complexity index is 3370. The molecule has 2 nitrogen and oxygen atoms in total. The highest BCUT2D eigenvalue weighted by Crippen LogP contribution is 2.57.